The third-order valence-corrected chi connectivity index (χ3v) is 4.83. The molecule has 2 aromatic rings. The van der Waals surface area contributed by atoms with Gasteiger partial charge < -0.3 is 16.0 Å². The zero-order valence-electron chi connectivity index (χ0n) is 15.6. The lowest BCUT2D eigenvalue weighted by atomic mass is 10.3. The number of hydrogen-bond donors (Lipinski definition) is 3. The second-order valence-electron chi connectivity index (χ2n) is 5.66. The largest absolute Gasteiger partial charge is 0.385 e. The van der Waals surface area contributed by atoms with E-state index in [1.54, 1.807) is 11.3 Å². The summed E-state index contributed by atoms with van der Waals surface area (Å²) in [6.45, 7) is 7.69. The Balaban J connectivity index is 0.00000338. The predicted molar refractivity (Wildman–Crippen MR) is 124 cm³/mol. The molecule has 3 N–H and O–H groups in total. The minimum absolute atomic E-state index is 0. The van der Waals surface area contributed by atoms with Gasteiger partial charge in [-0.1, -0.05) is 25.1 Å². The van der Waals surface area contributed by atoms with E-state index in [2.05, 4.69) is 51.9 Å². The molecule has 0 aliphatic rings. The van der Waals surface area contributed by atoms with Crippen molar-refractivity contribution in [3.05, 3.63) is 46.4 Å². The molecule has 1 heterocycles. The second kappa shape index (κ2) is 13.8. The SMILES string of the molecule is CCNC(=NCCCNc1ccccc1)NCCc1ncc(CC)s1.I. The number of halogens is 1. The minimum atomic E-state index is 0. The molecule has 1 aromatic carbocycles. The molecular formula is C19H30IN5S. The van der Waals surface area contributed by atoms with Crippen LogP contribution in [0.4, 0.5) is 5.69 Å². The van der Waals surface area contributed by atoms with Gasteiger partial charge in [-0.2, -0.15) is 0 Å². The Morgan fingerprint density at radius 2 is 1.92 bits per heavy atom. The molecule has 1 aromatic heterocycles. The van der Waals surface area contributed by atoms with E-state index in [0.717, 1.165) is 57.1 Å². The highest BCUT2D eigenvalue weighted by molar-refractivity contribution is 14.0. The van der Waals surface area contributed by atoms with Crippen LogP contribution in [0.5, 0.6) is 0 Å². The van der Waals surface area contributed by atoms with Gasteiger partial charge in [-0.05, 0) is 31.9 Å². The summed E-state index contributed by atoms with van der Waals surface area (Å²) < 4.78 is 0. The molecule has 0 aliphatic heterocycles. The van der Waals surface area contributed by atoms with Crippen molar-refractivity contribution in [3.63, 3.8) is 0 Å². The van der Waals surface area contributed by atoms with Crippen molar-refractivity contribution in [2.75, 3.05) is 31.5 Å². The molecule has 0 fully saturated rings. The summed E-state index contributed by atoms with van der Waals surface area (Å²) in [4.78, 5) is 10.4. The van der Waals surface area contributed by atoms with Crippen molar-refractivity contribution >= 4 is 47.0 Å². The average molecular weight is 487 g/mol. The maximum atomic E-state index is 4.63. The fourth-order valence-corrected chi connectivity index (χ4v) is 3.18. The Labute approximate surface area is 178 Å². The van der Waals surface area contributed by atoms with Crippen LogP contribution in [0.15, 0.2) is 41.5 Å². The van der Waals surface area contributed by atoms with Gasteiger partial charge in [-0.25, -0.2) is 4.98 Å². The Morgan fingerprint density at radius 3 is 2.62 bits per heavy atom. The van der Waals surface area contributed by atoms with Crippen LogP contribution in [-0.4, -0.2) is 37.1 Å². The molecule has 0 saturated carbocycles. The van der Waals surface area contributed by atoms with Gasteiger partial charge in [-0.3, -0.25) is 4.99 Å². The van der Waals surface area contributed by atoms with E-state index in [4.69, 9.17) is 0 Å². The van der Waals surface area contributed by atoms with Crippen molar-refractivity contribution in [2.24, 2.45) is 4.99 Å². The minimum Gasteiger partial charge on any atom is -0.385 e. The number of para-hydroxylation sites is 1. The van der Waals surface area contributed by atoms with Gasteiger partial charge in [-0.15, -0.1) is 35.3 Å². The number of guanidine groups is 1. The maximum Gasteiger partial charge on any atom is 0.191 e. The van der Waals surface area contributed by atoms with Crippen molar-refractivity contribution in [1.29, 1.82) is 0 Å². The Kier molecular flexibility index (Phi) is 12.0. The van der Waals surface area contributed by atoms with Crippen LogP contribution in [0, 0.1) is 0 Å². The predicted octanol–water partition coefficient (Wildman–Crippen LogP) is 3.92. The van der Waals surface area contributed by atoms with E-state index in [0.29, 0.717) is 0 Å². The van der Waals surface area contributed by atoms with Gasteiger partial charge in [0.15, 0.2) is 5.96 Å². The lowest BCUT2D eigenvalue weighted by Crippen LogP contribution is -2.38. The van der Waals surface area contributed by atoms with Crippen molar-refractivity contribution in [2.45, 2.75) is 33.1 Å². The quantitative estimate of drug-likeness (QED) is 0.206. The lowest BCUT2D eigenvalue weighted by molar-refractivity contribution is 0.785. The van der Waals surface area contributed by atoms with Crippen LogP contribution in [0.2, 0.25) is 0 Å². The molecule has 0 radical (unpaired) electrons. The molecule has 144 valence electrons. The van der Waals surface area contributed by atoms with Crippen LogP contribution in [0.25, 0.3) is 0 Å². The van der Waals surface area contributed by atoms with E-state index in [1.165, 1.54) is 9.88 Å². The first kappa shape index (κ1) is 22.7. The lowest BCUT2D eigenvalue weighted by Gasteiger charge is -2.11. The molecule has 0 bridgehead atoms. The molecule has 0 amide bonds. The summed E-state index contributed by atoms with van der Waals surface area (Å²) in [5.74, 6) is 0.884. The standard InChI is InChI=1S/C19H29N5S.HI/c1-3-17-15-24-18(25-17)11-14-23-19(20-4-2)22-13-8-12-21-16-9-6-5-7-10-16;/h5-7,9-10,15,21H,3-4,8,11-14H2,1-2H3,(H2,20,22,23);1H. The number of anilines is 1. The van der Waals surface area contributed by atoms with Gasteiger partial charge in [0, 0.05) is 49.4 Å². The maximum absolute atomic E-state index is 4.63. The average Bonchev–Trinajstić information content (AvgIpc) is 3.10. The van der Waals surface area contributed by atoms with E-state index in [1.807, 2.05) is 24.4 Å². The number of rotatable bonds is 10. The Bertz CT molecular complexity index is 630. The summed E-state index contributed by atoms with van der Waals surface area (Å²) in [6, 6.07) is 10.3. The third kappa shape index (κ3) is 8.84. The zero-order valence-corrected chi connectivity index (χ0v) is 18.8. The molecular weight excluding hydrogens is 457 g/mol. The van der Waals surface area contributed by atoms with Crippen molar-refractivity contribution in [1.82, 2.24) is 15.6 Å². The summed E-state index contributed by atoms with van der Waals surface area (Å²) >= 11 is 1.80. The number of benzene rings is 1. The smallest absolute Gasteiger partial charge is 0.191 e. The molecule has 2 rings (SSSR count). The highest BCUT2D eigenvalue weighted by Crippen LogP contribution is 2.13. The molecule has 0 spiro atoms. The molecule has 0 saturated heterocycles. The summed E-state index contributed by atoms with van der Waals surface area (Å²) in [6.07, 6.45) is 4.98. The molecule has 0 aliphatic carbocycles. The molecule has 26 heavy (non-hydrogen) atoms. The number of aliphatic imine (C=N–C) groups is 1. The van der Waals surface area contributed by atoms with Crippen molar-refractivity contribution in [3.8, 4) is 0 Å². The van der Waals surface area contributed by atoms with Crippen LogP contribution >= 0.6 is 35.3 Å². The highest BCUT2D eigenvalue weighted by Gasteiger charge is 2.02. The van der Waals surface area contributed by atoms with Gasteiger partial charge in [0.05, 0.1) is 5.01 Å². The summed E-state index contributed by atoms with van der Waals surface area (Å²) in [7, 11) is 0. The number of nitrogens with one attached hydrogen (secondary N) is 3. The Morgan fingerprint density at radius 1 is 1.12 bits per heavy atom. The van der Waals surface area contributed by atoms with Gasteiger partial charge >= 0.3 is 0 Å². The Hall–Kier alpha value is -1.35. The first-order valence-corrected chi connectivity index (χ1v) is 9.88. The van der Waals surface area contributed by atoms with E-state index >= 15 is 0 Å². The first-order chi connectivity index (χ1) is 12.3. The van der Waals surface area contributed by atoms with E-state index in [-0.39, 0.29) is 24.0 Å². The van der Waals surface area contributed by atoms with Crippen LogP contribution in [0.3, 0.4) is 0 Å². The van der Waals surface area contributed by atoms with E-state index < -0.39 is 0 Å². The zero-order chi connectivity index (χ0) is 17.7. The number of aryl methyl sites for hydroxylation is 1. The first-order valence-electron chi connectivity index (χ1n) is 9.06. The van der Waals surface area contributed by atoms with Gasteiger partial charge in [0.1, 0.15) is 0 Å². The molecule has 0 atom stereocenters. The molecule has 5 nitrogen and oxygen atoms in total. The summed E-state index contributed by atoms with van der Waals surface area (Å²) in [5, 5.41) is 11.3. The second-order valence-corrected chi connectivity index (χ2v) is 6.86. The highest BCUT2D eigenvalue weighted by atomic mass is 127. The monoisotopic (exact) mass is 487 g/mol. The van der Waals surface area contributed by atoms with Crippen LogP contribution < -0.4 is 16.0 Å². The van der Waals surface area contributed by atoms with Crippen LogP contribution in [-0.2, 0) is 12.8 Å². The van der Waals surface area contributed by atoms with Crippen molar-refractivity contribution < 1.29 is 0 Å². The topological polar surface area (TPSA) is 61.3 Å². The number of hydrogen-bond acceptors (Lipinski definition) is 4. The normalized spacial score (nSPS) is 10.9. The number of aromatic nitrogens is 1. The number of thiazole rings is 1. The van der Waals surface area contributed by atoms with Gasteiger partial charge in [0.2, 0.25) is 0 Å². The third-order valence-electron chi connectivity index (χ3n) is 3.63. The number of nitrogens with zero attached hydrogens (tertiary/aromatic N) is 2. The molecule has 0 unspecified atom stereocenters. The van der Waals surface area contributed by atoms with E-state index in [9.17, 15) is 0 Å². The van der Waals surface area contributed by atoms with Gasteiger partial charge in [0.25, 0.3) is 0 Å². The molecule has 7 heteroatoms. The van der Waals surface area contributed by atoms with Crippen LogP contribution in [0.1, 0.15) is 30.2 Å². The summed E-state index contributed by atoms with van der Waals surface area (Å²) in [5.41, 5.74) is 1.16. The fraction of sp³-hybridized carbons (Fsp3) is 0.474. The fourth-order valence-electron chi connectivity index (χ4n) is 2.32.